The van der Waals surface area contributed by atoms with E-state index < -0.39 is 6.10 Å². The van der Waals surface area contributed by atoms with Gasteiger partial charge in [-0.25, -0.2) is 0 Å². The normalized spacial score (nSPS) is 23.0. The molecule has 5 heteroatoms. The van der Waals surface area contributed by atoms with Crippen LogP contribution in [0.1, 0.15) is 17.2 Å². The quantitative estimate of drug-likeness (QED) is 0.826. The van der Waals surface area contributed by atoms with E-state index in [1.807, 2.05) is 47.0 Å². The second kappa shape index (κ2) is 7.40. The highest BCUT2D eigenvalue weighted by Gasteiger charge is 2.32. The van der Waals surface area contributed by atoms with Gasteiger partial charge in [-0.05, 0) is 24.1 Å². The minimum absolute atomic E-state index is 0.0313. The van der Waals surface area contributed by atoms with Crippen LogP contribution in [0.15, 0.2) is 54.6 Å². The van der Waals surface area contributed by atoms with E-state index in [0.29, 0.717) is 16.7 Å². The van der Waals surface area contributed by atoms with E-state index in [1.54, 1.807) is 0 Å². The molecule has 25 heavy (non-hydrogen) atoms. The topological polar surface area (TPSA) is 38.8 Å². The molecule has 4 nitrogen and oxygen atoms in total. The second-order valence-corrected chi connectivity index (χ2v) is 7.56. The van der Waals surface area contributed by atoms with Gasteiger partial charge >= 0.3 is 0 Å². The second-order valence-electron chi connectivity index (χ2n) is 6.25. The maximum absolute atomic E-state index is 12.9. The maximum Gasteiger partial charge on any atom is 0.267 e. The molecule has 2 unspecified atom stereocenters. The van der Waals surface area contributed by atoms with Crippen molar-refractivity contribution in [1.29, 1.82) is 0 Å². The molecule has 130 valence electrons. The van der Waals surface area contributed by atoms with Crippen LogP contribution < -0.4 is 9.47 Å². The third-order valence-corrected chi connectivity index (χ3v) is 5.94. The Morgan fingerprint density at radius 3 is 2.60 bits per heavy atom. The fourth-order valence-electron chi connectivity index (χ4n) is 3.27. The summed E-state index contributed by atoms with van der Waals surface area (Å²) in [6.07, 6.45) is 0.415. The number of para-hydroxylation sites is 2. The van der Waals surface area contributed by atoms with Gasteiger partial charge in [-0.3, -0.25) is 4.79 Å². The first-order chi connectivity index (χ1) is 12.3. The summed E-state index contributed by atoms with van der Waals surface area (Å²) in [5, 5.41) is 0.447. The molecule has 1 saturated heterocycles. The molecular weight excluding hydrogens is 334 g/mol. The number of amides is 1. The van der Waals surface area contributed by atoms with Crippen molar-refractivity contribution in [3.63, 3.8) is 0 Å². The van der Waals surface area contributed by atoms with E-state index in [1.165, 1.54) is 5.56 Å². The summed E-state index contributed by atoms with van der Waals surface area (Å²) in [6.45, 7) is 1.79. The first kappa shape index (κ1) is 16.3. The van der Waals surface area contributed by atoms with Crippen molar-refractivity contribution in [2.24, 2.45) is 0 Å². The van der Waals surface area contributed by atoms with Gasteiger partial charge in [-0.2, -0.15) is 11.8 Å². The predicted molar refractivity (Wildman–Crippen MR) is 99.2 cm³/mol. The fraction of sp³-hybridized carbons (Fsp3) is 0.350. The molecule has 2 aliphatic heterocycles. The fourth-order valence-corrected chi connectivity index (χ4v) is 4.50. The van der Waals surface area contributed by atoms with Crippen LogP contribution in [0.4, 0.5) is 0 Å². The van der Waals surface area contributed by atoms with Crippen molar-refractivity contribution in [2.75, 3.05) is 25.4 Å². The molecule has 2 atom stereocenters. The molecule has 2 aromatic rings. The zero-order valence-electron chi connectivity index (χ0n) is 14.0. The first-order valence-corrected chi connectivity index (χ1v) is 9.70. The number of nitrogens with zero attached hydrogens (tertiary/aromatic N) is 1. The molecule has 4 rings (SSSR count). The van der Waals surface area contributed by atoms with Crippen molar-refractivity contribution >= 4 is 17.7 Å². The van der Waals surface area contributed by atoms with Gasteiger partial charge < -0.3 is 14.4 Å². The lowest BCUT2D eigenvalue weighted by Crippen LogP contribution is -2.47. The molecule has 2 heterocycles. The SMILES string of the molecule is O=C(C1COc2ccccc2O1)N1CCSC(c2ccccc2)CC1. The number of carbonyl (C=O) groups is 1. The lowest BCUT2D eigenvalue weighted by Gasteiger charge is -2.30. The summed E-state index contributed by atoms with van der Waals surface area (Å²) in [5.74, 6) is 2.33. The molecule has 0 aliphatic carbocycles. The van der Waals surface area contributed by atoms with Crippen LogP contribution in [0.5, 0.6) is 11.5 Å². The molecule has 2 aromatic carbocycles. The Morgan fingerprint density at radius 2 is 1.76 bits per heavy atom. The molecule has 0 spiro atoms. The van der Waals surface area contributed by atoms with Gasteiger partial charge in [0, 0.05) is 24.1 Å². The number of hydrogen-bond acceptors (Lipinski definition) is 4. The molecule has 0 bridgehead atoms. The summed E-state index contributed by atoms with van der Waals surface area (Å²) in [6, 6.07) is 18.0. The Kier molecular flexibility index (Phi) is 4.83. The van der Waals surface area contributed by atoms with E-state index in [9.17, 15) is 4.79 Å². The van der Waals surface area contributed by atoms with E-state index in [-0.39, 0.29) is 12.5 Å². The largest absolute Gasteiger partial charge is 0.485 e. The molecular formula is C20H21NO3S. The highest BCUT2D eigenvalue weighted by atomic mass is 32.2. The van der Waals surface area contributed by atoms with Gasteiger partial charge in [0.2, 0.25) is 6.10 Å². The lowest BCUT2D eigenvalue weighted by atomic mass is 10.1. The van der Waals surface area contributed by atoms with Crippen molar-refractivity contribution in [3.8, 4) is 11.5 Å². The number of carbonyl (C=O) groups excluding carboxylic acids is 1. The Hall–Kier alpha value is -2.14. The average molecular weight is 355 g/mol. The molecule has 0 aromatic heterocycles. The van der Waals surface area contributed by atoms with Crippen molar-refractivity contribution < 1.29 is 14.3 Å². The molecule has 0 saturated carbocycles. The van der Waals surface area contributed by atoms with E-state index in [2.05, 4.69) is 24.3 Å². The van der Waals surface area contributed by atoms with Gasteiger partial charge in [0.05, 0.1) is 0 Å². The van der Waals surface area contributed by atoms with Crippen molar-refractivity contribution in [1.82, 2.24) is 4.90 Å². The van der Waals surface area contributed by atoms with Crippen LogP contribution >= 0.6 is 11.8 Å². The summed E-state index contributed by atoms with van der Waals surface area (Å²) in [5.41, 5.74) is 1.34. The van der Waals surface area contributed by atoms with Crippen molar-refractivity contribution in [2.45, 2.75) is 17.8 Å². The van der Waals surface area contributed by atoms with E-state index in [0.717, 1.165) is 25.3 Å². The van der Waals surface area contributed by atoms with Crippen molar-refractivity contribution in [3.05, 3.63) is 60.2 Å². The Labute approximate surface area is 152 Å². The third-order valence-electron chi connectivity index (χ3n) is 4.61. The number of ether oxygens (including phenoxy) is 2. The molecule has 0 N–H and O–H groups in total. The highest BCUT2D eigenvalue weighted by molar-refractivity contribution is 7.99. The molecule has 0 radical (unpaired) electrons. The lowest BCUT2D eigenvalue weighted by molar-refractivity contribution is -0.140. The van der Waals surface area contributed by atoms with Crippen LogP contribution in [0, 0.1) is 0 Å². The summed E-state index contributed by atoms with van der Waals surface area (Å²) in [4.78, 5) is 14.8. The van der Waals surface area contributed by atoms with Crippen LogP contribution in [0.2, 0.25) is 0 Å². The zero-order chi connectivity index (χ0) is 17.1. The number of hydrogen-bond donors (Lipinski definition) is 0. The number of fused-ring (bicyclic) bond motifs is 1. The Balaban J connectivity index is 1.40. The molecule has 2 aliphatic rings. The average Bonchev–Trinajstić information content (AvgIpc) is 2.94. The van der Waals surface area contributed by atoms with E-state index in [4.69, 9.17) is 9.47 Å². The highest BCUT2D eigenvalue weighted by Crippen LogP contribution is 2.35. The van der Waals surface area contributed by atoms with Crippen LogP contribution in [-0.2, 0) is 4.79 Å². The number of thioether (sulfide) groups is 1. The number of rotatable bonds is 2. The molecule has 1 fully saturated rings. The van der Waals surface area contributed by atoms with Gasteiger partial charge in [0.1, 0.15) is 6.61 Å². The smallest absolute Gasteiger partial charge is 0.267 e. The van der Waals surface area contributed by atoms with Gasteiger partial charge in [-0.1, -0.05) is 42.5 Å². The van der Waals surface area contributed by atoms with Gasteiger partial charge in [0.15, 0.2) is 11.5 Å². The predicted octanol–water partition coefficient (Wildman–Crippen LogP) is 3.53. The summed E-state index contributed by atoms with van der Waals surface area (Å²) >= 11 is 1.93. The monoisotopic (exact) mass is 355 g/mol. The Morgan fingerprint density at radius 1 is 1.00 bits per heavy atom. The van der Waals surface area contributed by atoms with E-state index >= 15 is 0 Å². The Bertz CT molecular complexity index is 737. The summed E-state index contributed by atoms with van der Waals surface area (Å²) in [7, 11) is 0. The van der Waals surface area contributed by atoms with Crippen LogP contribution in [0.25, 0.3) is 0 Å². The summed E-state index contributed by atoms with van der Waals surface area (Å²) < 4.78 is 11.6. The maximum atomic E-state index is 12.9. The number of benzene rings is 2. The van der Waals surface area contributed by atoms with Crippen LogP contribution in [-0.4, -0.2) is 42.4 Å². The van der Waals surface area contributed by atoms with Crippen LogP contribution in [0.3, 0.4) is 0 Å². The first-order valence-electron chi connectivity index (χ1n) is 8.65. The van der Waals surface area contributed by atoms with Gasteiger partial charge in [0.25, 0.3) is 5.91 Å². The minimum atomic E-state index is -0.548. The standard InChI is InChI=1S/C20H21NO3S/c22-20(18-14-23-16-8-4-5-9-17(16)24-18)21-11-10-19(25-13-12-21)15-6-2-1-3-7-15/h1-9,18-19H,10-14H2. The third kappa shape index (κ3) is 3.61. The molecule has 1 amide bonds. The van der Waals surface area contributed by atoms with Gasteiger partial charge in [-0.15, -0.1) is 0 Å². The minimum Gasteiger partial charge on any atom is -0.485 e. The zero-order valence-corrected chi connectivity index (χ0v) is 14.8.